The first-order valence-corrected chi connectivity index (χ1v) is 12.9. The summed E-state index contributed by atoms with van der Waals surface area (Å²) in [5, 5.41) is 5.69. The van der Waals surface area contributed by atoms with Crippen LogP contribution in [0.3, 0.4) is 0 Å². The minimum atomic E-state index is -3.49. The summed E-state index contributed by atoms with van der Waals surface area (Å²) in [7, 11) is -0.141. The van der Waals surface area contributed by atoms with Gasteiger partial charge in [-0.15, -0.1) is 11.3 Å². The molecule has 0 aliphatic heterocycles. The molecule has 4 heterocycles. The lowest BCUT2D eigenvalue weighted by Crippen LogP contribution is -2.27. The van der Waals surface area contributed by atoms with Gasteiger partial charge in [-0.05, 0) is 29.8 Å². The van der Waals surface area contributed by atoms with Crippen molar-refractivity contribution in [2.45, 2.75) is 17.3 Å². The number of hydrogen-bond donors (Lipinski definition) is 0. The Morgan fingerprint density at radius 1 is 1.19 bits per heavy atom. The van der Waals surface area contributed by atoms with E-state index in [0.29, 0.717) is 21.1 Å². The number of thioether (sulfide) groups is 1. The summed E-state index contributed by atoms with van der Waals surface area (Å²) >= 11 is 2.64. The first-order valence-electron chi connectivity index (χ1n) is 9.54. The number of hydrogen-bond acceptors (Lipinski definition) is 9. The molecule has 0 amide bonds. The number of sulfonamides is 1. The maximum absolute atomic E-state index is 12.7. The molecule has 9 nitrogen and oxygen atoms in total. The fourth-order valence-corrected chi connectivity index (χ4v) is 6.18. The average Bonchev–Trinajstić information content (AvgIpc) is 3.40. The number of thiophene rings is 1. The van der Waals surface area contributed by atoms with Crippen molar-refractivity contribution in [2.24, 2.45) is 7.05 Å². The molecule has 0 spiro atoms. The molecule has 0 aromatic carbocycles. The van der Waals surface area contributed by atoms with Crippen LogP contribution >= 0.6 is 23.1 Å². The third-order valence-corrected chi connectivity index (χ3v) is 8.61. The number of ketones is 1. The minimum Gasteiger partial charge on any atom is -0.292 e. The highest BCUT2D eigenvalue weighted by molar-refractivity contribution is 8.00. The van der Waals surface area contributed by atoms with Crippen LogP contribution in [0, 0.1) is 0 Å². The van der Waals surface area contributed by atoms with E-state index < -0.39 is 10.0 Å². The van der Waals surface area contributed by atoms with Crippen molar-refractivity contribution >= 4 is 49.9 Å². The van der Waals surface area contributed by atoms with Gasteiger partial charge < -0.3 is 0 Å². The number of aromatic nitrogens is 5. The van der Waals surface area contributed by atoms with Gasteiger partial charge in [-0.1, -0.05) is 11.8 Å². The maximum Gasteiger partial charge on any atom is 0.218 e. The van der Waals surface area contributed by atoms with Crippen molar-refractivity contribution in [2.75, 3.05) is 12.8 Å². The summed E-state index contributed by atoms with van der Waals surface area (Å²) in [6.07, 6.45) is 6.29. The van der Waals surface area contributed by atoms with Crippen molar-refractivity contribution in [1.29, 1.82) is 0 Å². The van der Waals surface area contributed by atoms with Crippen LogP contribution in [0.25, 0.3) is 11.0 Å². The molecule has 4 rings (SSSR count). The Labute approximate surface area is 193 Å². The Morgan fingerprint density at radius 3 is 2.75 bits per heavy atom. The smallest absolute Gasteiger partial charge is 0.218 e. The normalized spacial score (nSPS) is 12.0. The SMILES string of the molecule is CN(Cc1ccc(C(=O)CSc2ncnc3c2cnn3C)s1)S(=O)(=O)Cc1ccncc1. The second kappa shape index (κ2) is 9.45. The molecule has 0 aliphatic rings. The zero-order valence-corrected chi connectivity index (χ0v) is 19.8. The van der Waals surface area contributed by atoms with E-state index in [-0.39, 0.29) is 23.8 Å². The molecule has 0 N–H and O–H groups in total. The molecule has 0 aliphatic carbocycles. The predicted molar refractivity (Wildman–Crippen MR) is 124 cm³/mol. The van der Waals surface area contributed by atoms with E-state index in [1.54, 1.807) is 61.6 Å². The Hall–Kier alpha value is -2.67. The Balaban J connectivity index is 1.38. The number of pyridine rings is 1. The van der Waals surface area contributed by atoms with Crippen LogP contribution in [0.2, 0.25) is 0 Å². The van der Waals surface area contributed by atoms with Gasteiger partial charge in [0.05, 0.1) is 28.0 Å². The van der Waals surface area contributed by atoms with Crippen LogP contribution in [0.1, 0.15) is 20.1 Å². The average molecular weight is 489 g/mol. The van der Waals surface area contributed by atoms with Gasteiger partial charge >= 0.3 is 0 Å². The number of carbonyl (C=O) groups excluding carboxylic acids is 1. The molecule has 32 heavy (non-hydrogen) atoms. The van der Waals surface area contributed by atoms with Gasteiger partial charge in [0, 0.05) is 37.9 Å². The summed E-state index contributed by atoms with van der Waals surface area (Å²) in [5.74, 6) is 0.0859. The summed E-state index contributed by atoms with van der Waals surface area (Å²) in [4.78, 5) is 26.4. The molecule has 12 heteroatoms. The molecular weight excluding hydrogens is 468 g/mol. The van der Waals surface area contributed by atoms with Gasteiger partial charge in [0.1, 0.15) is 11.4 Å². The third kappa shape index (κ3) is 5.04. The number of aryl methyl sites for hydroxylation is 1. The lowest BCUT2D eigenvalue weighted by atomic mass is 10.3. The zero-order valence-electron chi connectivity index (χ0n) is 17.4. The van der Waals surface area contributed by atoms with Gasteiger partial charge in [-0.25, -0.2) is 18.4 Å². The maximum atomic E-state index is 12.7. The van der Waals surface area contributed by atoms with E-state index >= 15 is 0 Å². The van der Waals surface area contributed by atoms with Crippen LogP contribution < -0.4 is 0 Å². The second-order valence-electron chi connectivity index (χ2n) is 7.03. The van der Waals surface area contributed by atoms with E-state index in [1.165, 1.54) is 33.7 Å². The minimum absolute atomic E-state index is 0.0378. The predicted octanol–water partition coefficient (Wildman–Crippen LogP) is 2.76. The van der Waals surface area contributed by atoms with Gasteiger partial charge in [0.25, 0.3) is 0 Å². The Morgan fingerprint density at radius 2 is 1.97 bits per heavy atom. The highest BCUT2D eigenvalue weighted by Crippen LogP contribution is 2.26. The monoisotopic (exact) mass is 488 g/mol. The first-order chi connectivity index (χ1) is 15.3. The van der Waals surface area contributed by atoms with Gasteiger partial charge in [-0.3, -0.25) is 14.5 Å². The number of carbonyl (C=O) groups is 1. The molecule has 0 bridgehead atoms. The van der Waals surface area contributed by atoms with E-state index in [1.807, 2.05) is 0 Å². The molecule has 4 aromatic heterocycles. The Bertz CT molecular complexity index is 1350. The van der Waals surface area contributed by atoms with E-state index in [4.69, 9.17) is 0 Å². The van der Waals surface area contributed by atoms with Gasteiger partial charge in [-0.2, -0.15) is 9.40 Å². The van der Waals surface area contributed by atoms with Crippen LogP contribution in [-0.2, 0) is 29.4 Å². The lowest BCUT2D eigenvalue weighted by Gasteiger charge is -2.16. The summed E-state index contributed by atoms with van der Waals surface area (Å²) in [5.41, 5.74) is 1.39. The first kappa shape index (κ1) is 22.5. The second-order valence-corrected chi connectivity index (χ2v) is 11.2. The molecule has 166 valence electrons. The molecule has 0 atom stereocenters. The van der Waals surface area contributed by atoms with E-state index in [9.17, 15) is 13.2 Å². The molecule has 4 aromatic rings. The zero-order chi connectivity index (χ0) is 22.7. The quantitative estimate of drug-likeness (QED) is 0.201. The highest BCUT2D eigenvalue weighted by Gasteiger charge is 2.20. The fourth-order valence-electron chi connectivity index (χ4n) is 2.99. The third-order valence-electron chi connectivity index (χ3n) is 4.72. The van der Waals surface area contributed by atoms with Crippen LogP contribution in [-0.4, -0.2) is 56.0 Å². The van der Waals surface area contributed by atoms with Crippen molar-refractivity contribution in [3.8, 4) is 0 Å². The van der Waals surface area contributed by atoms with Gasteiger partial charge in [0.15, 0.2) is 11.4 Å². The van der Waals surface area contributed by atoms with Crippen molar-refractivity contribution in [3.63, 3.8) is 0 Å². The van der Waals surface area contributed by atoms with E-state index in [0.717, 1.165) is 10.3 Å². The van der Waals surface area contributed by atoms with Crippen LogP contribution in [0.15, 0.2) is 54.2 Å². The summed E-state index contributed by atoms with van der Waals surface area (Å²) in [6, 6.07) is 6.90. The summed E-state index contributed by atoms with van der Waals surface area (Å²) < 4.78 is 28.2. The van der Waals surface area contributed by atoms with Crippen molar-refractivity contribution in [1.82, 2.24) is 29.0 Å². The number of Topliss-reactive ketones (excluding diaryl/α,β-unsaturated/α-hetero) is 1. The number of nitrogens with zero attached hydrogens (tertiary/aromatic N) is 6. The molecule has 0 fully saturated rings. The fraction of sp³-hybridized carbons (Fsp3) is 0.250. The molecule has 0 saturated heterocycles. The standard InChI is InChI=1S/C20H20N6O3S3/c1-25(32(28,29)12-14-5-7-21-8-6-14)10-15-3-4-18(31-15)17(27)11-30-20-16-9-24-26(2)19(16)22-13-23-20/h3-9,13H,10-12H2,1-2H3. The topological polar surface area (TPSA) is 111 Å². The molecule has 0 saturated carbocycles. The molecule has 0 radical (unpaired) electrons. The van der Waals surface area contributed by atoms with E-state index in [2.05, 4.69) is 20.1 Å². The van der Waals surface area contributed by atoms with Crippen molar-refractivity contribution in [3.05, 3.63) is 64.5 Å². The largest absolute Gasteiger partial charge is 0.292 e. The number of fused-ring (bicyclic) bond motifs is 1. The molecule has 0 unspecified atom stereocenters. The highest BCUT2D eigenvalue weighted by atomic mass is 32.2. The van der Waals surface area contributed by atoms with Crippen molar-refractivity contribution < 1.29 is 13.2 Å². The van der Waals surface area contributed by atoms with Crippen LogP contribution in [0.5, 0.6) is 0 Å². The Kier molecular flexibility index (Phi) is 6.65. The summed E-state index contributed by atoms with van der Waals surface area (Å²) in [6.45, 7) is 0.209. The van der Waals surface area contributed by atoms with Gasteiger partial charge in [0.2, 0.25) is 10.0 Å². The lowest BCUT2D eigenvalue weighted by molar-refractivity contribution is 0.102. The van der Waals surface area contributed by atoms with Crippen LogP contribution in [0.4, 0.5) is 0 Å². The molecular formula is C20H20N6O3S3. The number of rotatable bonds is 9.